The van der Waals surface area contributed by atoms with Gasteiger partial charge in [-0.1, -0.05) is 54.6 Å². The van der Waals surface area contributed by atoms with Crippen molar-refractivity contribution < 1.29 is 14.6 Å². The second kappa shape index (κ2) is 12.3. The number of carbonyl (C=O) groups excluding carboxylic acids is 1. The molecule has 6 nitrogen and oxygen atoms in total. The summed E-state index contributed by atoms with van der Waals surface area (Å²) in [4.78, 5) is 14.4. The van der Waals surface area contributed by atoms with E-state index in [-0.39, 0.29) is 24.7 Å². The van der Waals surface area contributed by atoms with E-state index in [1.165, 1.54) is 5.56 Å². The van der Waals surface area contributed by atoms with Gasteiger partial charge in [0.15, 0.2) is 0 Å². The van der Waals surface area contributed by atoms with E-state index in [0.717, 1.165) is 42.7 Å². The molecular weight excluding hydrogens is 450 g/mol. The smallest absolute Gasteiger partial charge is 0.338 e. The number of aliphatic hydroxyl groups is 1. The van der Waals surface area contributed by atoms with Gasteiger partial charge in [0.05, 0.1) is 36.1 Å². The van der Waals surface area contributed by atoms with Crippen LogP contribution in [-0.2, 0) is 17.6 Å². The fourth-order valence-corrected chi connectivity index (χ4v) is 4.89. The first kappa shape index (κ1) is 25.4. The van der Waals surface area contributed by atoms with Gasteiger partial charge < -0.3 is 20.1 Å². The summed E-state index contributed by atoms with van der Waals surface area (Å²) in [6.45, 7) is 4.06. The first-order valence-electron chi connectivity index (χ1n) is 12.5. The van der Waals surface area contributed by atoms with Crippen molar-refractivity contribution in [2.24, 2.45) is 0 Å². The van der Waals surface area contributed by atoms with E-state index in [9.17, 15) is 15.2 Å². The van der Waals surface area contributed by atoms with Crippen molar-refractivity contribution in [2.75, 3.05) is 31.2 Å². The zero-order valence-electron chi connectivity index (χ0n) is 20.7. The van der Waals surface area contributed by atoms with Crippen molar-refractivity contribution in [3.8, 4) is 6.07 Å². The van der Waals surface area contributed by atoms with Crippen LogP contribution in [0.1, 0.15) is 52.0 Å². The Kier molecular flexibility index (Phi) is 8.72. The van der Waals surface area contributed by atoms with Crippen LogP contribution < -0.4 is 10.2 Å². The number of rotatable bonds is 11. The molecular formula is C30H33N3O3. The Morgan fingerprint density at radius 3 is 2.56 bits per heavy atom. The second-order valence-electron chi connectivity index (χ2n) is 9.27. The van der Waals surface area contributed by atoms with E-state index in [4.69, 9.17) is 4.74 Å². The number of anilines is 1. The summed E-state index contributed by atoms with van der Waals surface area (Å²) in [6, 6.07) is 25.5. The summed E-state index contributed by atoms with van der Waals surface area (Å²) in [5.41, 5.74) is 5.63. The highest BCUT2D eigenvalue weighted by atomic mass is 16.5. The molecule has 1 aliphatic rings. The van der Waals surface area contributed by atoms with Gasteiger partial charge in [-0.15, -0.1) is 0 Å². The lowest BCUT2D eigenvalue weighted by Gasteiger charge is -2.23. The van der Waals surface area contributed by atoms with Crippen LogP contribution in [-0.4, -0.2) is 43.4 Å². The lowest BCUT2D eigenvalue weighted by Crippen LogP contribution is -2.34. The molecule has 1 aliphatic heterocycles. The zero-order chi connectivity index (χ0) is 25.3. The minimum Gasteiger partial charge on any atom is -0.462 e. The number of fused-ring (bicyclic) bond motifs is 1. The topological polar surface area (TPSA) is 85.6 Å². The predicted molar refractivity (Wildman–Crippen MR) is 141 cm³/mol. The normalized spacial score (nSPS) is 14.1. The van der Waals surface area contributed by atoms with Crippen LogP contribution in [0.3, 0.4) is 0 Å². The number of nitrogens with zero attached hydrogens (tertiary/aromatic N) is 2. The van der Waals surface area contributed by atoms with Crippen molar-refractivity contribution in [1.82, 2.24) is 5.32 Å². The number of aliphatic hydroxyl groups excluding tert-OH is 1. The van der Waals surface area contributed by atoms with Gasteiger partial charge in [0.25, 0.3) is 0 Å². The molecule has 0 aromatic heterocycles. The molecule has 6 heteroatoms. The van der Waals surface area contributed by atoms with Crippen molar-refractivity contribution in [1.29, 1.82) is 5.26 Å². The molecule has 0 aliphatic carbocycles. The van der Waals surface area contributed by atoms with E-state index < -0.39 is 0 Å². The highest BCUT2D eigenvalue weighted by Crippen LogP contribution is 2.33. The van der Waals surface area contributed by atoms with Gasteiger partial charge in [0.2, 0.25) is 0 Å². The SMILES string of the molecule is CC(Cc1cc(C#N)c2c(c1)CCN2CCCOC(=O)c1ccccc1)N[C@H](CO)c1ccccc1. The Hall–Kier alpha value is -3.66. The molecule has 0 radical (unpaired) electrons. The molecule has 3 aromatic rings. The fraction of sp³-hybridized carbons (Fsp3) is 0.333. The van der Waals surface area contributed by atoms with E-state index in [1.54, 1.807) is 12.1 Å². The lowest BCUT2D eigenvalue weighted by molar-refractivity contribution is 0.0502. The molecule has 36 heavy (non-hydrogen) atoms. The zero-order valence-corrected chi connectivity index (χ0v) is 20.7. The van der Waals surface area contributed by atoms with E-state index in [0.29, 0.717) is 24.2 Å². The fourth-order valence-electron chi connectivity index (χ4n) is 4.89. The third-order valence-corrected chi connectivity index (χ3v) is 6.56. The number of carbonyl (C=O) groups is 1. The van der Waals surface area contributed by atoms with Crippen LogP contribution in [0.25, 0.3) is 0 Å². The van der Waals surface area contributed by atoms with Gasteiger partial charge in [-0.3, -0.25) is 0 Å². The van der Waals surface area contributed by atoms with Crippen LogP contribution >= 0.6 is 0 Å². The number of nitriles is 1. The van der Waals surface area contributed by atoms with Crippen molar-refractivity contribution in [3.05, 3.63) is 101 Å². The number of ether oxygens (including phenoxy) is 1. The number of hydrogen-bond donors (Lipinski definition) is 2. The molecule has 0 amide bonds. The molecule has 0 saturated carbocycles. The van der Waals surface area contributed by atoms with Crippen LogP contribution in [0.2, 0.25) is 0 Å². The standard InChI is InChI=1S/C30H33N3O3/c1-22(32-28(21-34)24-9-4-2-5-10-24)17-23-18-26-13-15-33(29(26)27(19-23)20-31)14-8-16-36-30(35)25-11-6-3-7-12-25/h2-7,9-12,18-19,22,28,32,34H,8,13-17,21H2,1H3/t22?,28-/m1/s1. The van der Waals surface area contributed by atoms with Crippen LogP contribution in [0.15, 0.2) is 72.8 Å². The Morgan fingerprint density at radius 2 is 1.86 bits per heavy atom. The largest absolute Gasteiger partial charge is 0.462 e. The lowest BCUT2D eigenvalue weighted by atomic mass is 9.98. The number of nitrogens with one attached hydrogen (secondary N) is 1. The van der Waals surface area contributed by atoms with Crippen molar-refractivity contribution in [2.45, 2.75) is 38.3 Å². The minimum atomic E-state index is -0.307. The summed E-state index contributed by atoms with van der Waals surface area (Å²) in [5, 5.41) is 23.3. The maximum absolute atomic E-state index is 12.1. The average Bonchev–Trinajstić information content (AvgIpc) is 3.33. The Labute approximate surface area is 213 Å². The summed E-state index contributed by atoms with van der Waals surface area (Å²) in [6.07, 6.45) is 2.36. The molecule has 0 bridgehead atoms. The number of hydrogen-bond acceptors (Lipinski definition) is 6. The highest BCUT2D eigenvalue weighted by molar-refractivity contribution is 5.89. The molecule has 2 N–H and O–H groups in total. The van der Waals surface area contributed by atoms with Crippen LogP contribution in [0.4, 0.5) is 5.69 Å². The van der Waals surface area contributed by atoms with Crippen LogP contribution in [0, 0.1) is 11.3 Å². The first-order valence-corrected chi connectivity index (χ1v) is 12.5. The van der Waals surface area contributed by atoms with Crippen LogP contribution in [0.5, 0.6) is 0 Å². The maximum Gasteiger partial charge on any atom is 0.338 e. The molecule has 0 fully saturated rings. The van der Waals surface area contributed by atoms with Gasteiger partial charge >= 0.3 is 5.97 Å². The second-order valence-corrected chi connectivity index (χ2v) is 9.27. The first-order chi connectivity index (χ1) is 17.6. The van der Waals surface area contributed by atoms with E-state index in [1.807, 2.05) is 54.6 Å². The Bertz CT molecular complexity index is 1190. The summed E-state index contributed by atoms with van der Waals surface area (Å²) < 4.78 is 5.41. The van der Waals surface area contributed by atoms with Gasteiger partial charge in [0.1, 0.15) is 6.07 Å². The quantitative estimate of drug-likeness (QED) is 0.310. The van der Waals surface area contributed by atoms with E-state index >= 15 is 0 Å². The van der Waals surface area contributed by atoms with Gasteiger partial charge in [-0.2, -0.15) is 5.26 Å². The van der Waals surface area contributed by atoms with Crippen molar-refractivity contribution >= 4 is 11.7 Å². The molecule has 3 aromatic carbocycles. The average molecular weight is 484 g/mol. The van der Waals surface area contributed by atoms with Gasteiger partial charge in [-0.05, 0) is 61.1 Å². The molecule has 1 unspecified atom stereocenters. The number of benzene rings is 3. The molecule has 0 saturated heterocycles. The molecule has 186 valence electrons. The summed E-state index contributed by atoms with van der Waals surface area (Å²) >= 11 is 0. The monoisotopic (exact) mass is 483 g/mol. The summed E-state index contributed by atoms with van der Waals surface area (Å²) in [7, 11) is 0. The highest BCUT2D eigenvalue weighted by Gasteiger charge is 2.24. The maximum atomic E-state index is 12.1. The predicted octanol–water partition coefficient (Wildman–Crippen LogP) is 4.42. The minimum absolute atomic E-state index is 0.0254. The Morgan fingerprint density at radius 1 is 1.14 bits per heavy atom. The third-order valence-electron chi connectivity index (χ3n) is 6.56. The van der Waals surface area contributed by atoms with Gasteiger partial charge in [-0.25, -0.2) is 4.79 Å². The number of esters is 1. The molecule has 1 heterocycles. The van der Waals surface area contributed by atoms with Gasteiger partial charge in [0, 0.05) is 19.1 Å². The van der Waals surface area contributed by atoms with Crippen molar-refractivity contribution in [3.63, 3.8) is 0 Å². The molecule has 4 rings (SSSR count). The summed E-state index contributed by atoms with van der Waals surface area (Å²) in [5.74, 6) is -0.307. The molecule has 0 spiro atoms. The third kappa shape index (κ3) is 6.31. The molecule has 2 atom stereocenters. The van der Waals surface area contributed by atoms with E-state index in [2.05, 4.69) is 29.3 Å². The Balaban J connectivity index is 1.34.